The van der Waals surface area contributed by atoms with E-state index >= 15 is 0 Å². The highest BCUT2D eigenvalue weighted by molar-refractivity contribution is 7.13. The lowest BCUT2D eigenvalue weighted by Crippen LogP contribution is -2.39. The average molecular weight is 374 g/mol. The summed E-state index contributed by atoms with van der Waals surface area (Å²) in [7, 11) is 0. The smallest absolute Gasteiger partial charge is 0.321 e. The van der Waals surface area contributed by atoms with Crippen molar-refractivity contribution in [2.45, 2.75) is 19.4 Å². The van der Waals surface area contributed by atoms with Crippen LogP contribution in [0.3, 0.4) is 0 Å². The van der Waals surface area contributed by atoms with E-state index in [1.165, 1.54) is 11.3 Å². The molecule has 9 heteroatoms. The Labute approximate surface area is 154 Å². The van der Waals surface area contributed by atoms with Gasteiger partial charge in [0, 0.05) is 30.1 Å². The SMILES string of the molecule is Cc1csc(NC(=O)NC2CC(=O)N(c3ccc4c(c3)OCCO4)C2)n1. The van der Waals surface area contributed by atoms with Crippen molar-refractivity contribution in [2.24, 2.45) is 0 Å². The molecule has 2 aliphatic heterocycles. The zero-order valence-electron chi connectivity index (χ0n) is 14.2. The second-order valence-electron chi connectivity index (χ2n) is 6.13. The van der Waals surface area contributed by atoms with E-state index < -0.39 is 0 Å². The van der Waals surface area contributed by atoms with Gasteiger partial charge in [0.2, 0.25) is 5.91 Å². The first-order chi connectivity index (χ1) is 12.6. The number of rotatable bonds is 3. The van der Waals surface area contributed by atoms with E-state index in [4.69, 9.17) is 9.47 Å². The third kappa shape index (κ3) is 3.43. The minimum atomic E-state index is -0.360. The first-order valence-electron chi connectivity index (χ1n) is 8.28. The molecule has 0 aliphatic carbocycles. The van der Waals surface area contributed by atoms with Crippen molar-refractivity contribution in [3.05, 3.63) is 29.3 Å². The molecule has 1 aromatic carbocycles. The Bertz CT molecular complexity index is 853. The number of aromatic nitrogens is 1. The molecule has 136 valence electrons. The molecule has 1 fully saturated rings. The van der Waals surface area contributed by atoms with Crippen LogP contribution < -0.4 is 25.0 Å². The van der Waals surface area contributed by atoms with E-state index in [1.54, 1.807) is 17.0 Å². The number of fused-ring (bicyclic) bond motifs is 1. The van der Waals surface area contributed by atoms with Crippen LogP contribution in [-0.4, -0.2) is 42.7 Å². The van der Waals surface area contributed by atoms with Crippen molar-refractivity contribution >= 4 is 34.1 Å². The van der Waals surface area contributed by atoms with Gasteiger partial charge >= 0.3 is 6.03 Å². The van der Waals surface area contributed by atoms with Crippen LogP contribution in [0.25, 0.3) is 0 Å². The Morgan fingerprint density at radius 2 is 2.12 bits per heavy atom. The van der Waals surface area contributed by atoms with Crippen LogP contribution in [0.1, 0.15) is 12.1 Å². The molecule has 3 heterocycles. The number of carbonyl (C=O) groups excluding carboxylic acids is 2. The normalized spacial score (nSPS) is 18.7. The predicted molar refractivity (Wildman–Crippen MR) is 97.2 cm³/mol. The largest absolute Gasteiger partial charge is 0.486 e. The number of thiazole rings is 1. The Hall–Kier alpha value is -2.81. The van der Waals surface area contributed by atoms with Gasteiger partial charge in [0.1, 0.15) is 13.2 Å². The number of carbonyl (C=O) groups is 2. The first kappa shape index (κ1) is 16.6. The lowest BCUT2D eigenvalue weighted by atomic mass is 10.2. The molecule has 1 aromatic heterocycles. The second kappa shape index (κ2) is 6.83. The van der Waals surface area contributed by atoms with Gasteiger partial charge in [0.05, 0.1) is 11.7 Å². The highest BCUT2D eigenvalue weighted by Gasteiger charge is 2.32. The van der Waals surface area contributed by atoms with Crippen LogP contribution in [0, 0.1) is 6.92 Å². The van der Waals surface area contributed by atoms with E-state index in [0.29, 0.717) is 36.4 Å². The molecule has 0 spiro atoms. The van der Waals surface area contributed by atoms with Crippen LogP contribution in [0.2, 0.25) is 0 Å². The Morgan fingerprint density at radius 1 is 1.31 bits per heavy atom. The van der Waals surface area contributed by atoms with Crippen molar-refractivity contribution in [1.29, 1.82) is 0 Å². The first-order valence-corrected chi connectivity index (χ1v) is 9.16. The molecular formula is C17H18N4O4S. The summed E-state index contributed by atoms with van der Waals surface area (Å²) in [6, 6.07) is 4.80. The lowest BCUT2D eigenvalue weighted by Gasteiger charge is -2.22. The number of anilines is 2. The molecule has 0 bridgehead atoms. The van der Waals surface area contributed by atoms with Crippen molar-refractivity contribution < 1.29 is 19.1 Å². The summed E-state index contributed by atoms with van der Waals surface area (Å²) in [4.78, 5) is 30.3. The molecule has 1 atom stereocenters. The van der Waals surface area contributed by atoms with Gasteiger partial charge in [-0.25, -0.2) is 9.78 Å². The minimum absolute atomic E-state index is 0.0444. The summed E-state index contributed by atoms with van der Waals surface area (Å²) in [5, 5.41) is 7.91. The number of nitrogens with zero attached hydrogens (tertiary/aromatic N) is 2. The summed E-state index contributed by atoms with van der Waals surface area (Å²) >= 11 is 1.36. The van der Waals surface area contributed by atoms with Gasteiger partial charge in [0.25, 0.3) is 0 Å². The third-order valence-corrected chi connectivity index (χ3v) is 5.01. The van der Waals surface area contributed by atoms with Crippen molar-refractivity contribution in [2.75, 3.05) is 30.0 Å². The fraction of sp³-hybridized carbons (Fsp3) is 0.353. The quantitative estimate of drug-likeness (QED) is 0.859. The van der Waals surface area contributed by atoms with Gasteiger partial charge < -0.3 is 19.7 Å². The summed E-state index contributed by atoms with van der Waals surface area (Å²) in [6.45, 7) is 3.28. The number of hydrogen-bond acceptors (Lipinski definition) is 6. The molecule has 1 saturated heterocycles. The van der Waals surface area contributed by atoms with E-state index in [2.05, 4.69) is 15.6 Å². The maximum Gasteiger partial charge on any atom is 0.321 e. The molecule has 2 N–H and O–H groups in total. The number of ether oxygens (including phenoxy) is 2. The molecule has 8 nitrogen and oxygen atoms in total. The number of aryl methyl sites for hydroxylation is 1. The summed E-state index contributed by atoms with van der Waals surface area (Å²) in [5.41, 5.74) is 1.59. The minimum Gasteiger partial charge on any atom is -0.486 e. The Morgan fingerprint density at radius 3 is 2.88 bits per heavy atom. The maximum atomic E-state index is 12.4. The molecule has 3 amide bonds. The zero-order chi connectivity index (χ0) is 18.1. The van der Waals surface area contributed by atoms with Gasteiger partial charge in [0.15, 0.2) is 16.6 Å². The van der Waals surface area contributed by atoms with E-state index in [9.17, 15) is 9.59 Å². The van der Waals surface area contributed by atoms with Gasteiger partial charge in [-0.3, -0.25) is 10.1 Å². The Kier molecular flexibility index (Phi) is 4.37. The average Bonchev–Trinajstić information content (AvgIpc) is 3.19. The predicted octanol–water partition coefficient (Wildman–Crippen LogP) is 2.15. The van der Waals surface area contributed by atoms with Crippen LogP contribution >= 0.6 is 11.3 Å². The monoisotopic (exact) mass is 374 g/mol. The molecule has 2 aromatic rings. The van der Waals surface area contributed by atoms with Crippen LogP contribution in [0.4, 0.5) is 15.6 Å². The molecular weight excluding hydrogens is 356 g/mol. The Balaban J connectivity index is 1.39. The molecule has 0 saturated carbocycles. The molecule has 1 unspecified atom stereocenters. The van der Waals surface area contributed by atoms with E-state index in [1.807, 2.05) is 18.4 Å². The zero-order valence-corrected chi connectivity index (χ0v) is 15.0. The fourth-order valence-corrected chi connectivity index (χ4v) is 3.67. The molecule has 0 radical (unpaired) electrons. The van der Waals surface area contributed by atoms with Crippen LogP contribution in [0.15, 0.2) is 23.6 Å². The van der Waals surface area contributed by atoms with Gasteiger partial charge in [-0.1, -0.05) is 0 Å². The lowest BCUT2D eigenvalue weighted by molar-refractivity contribution is -0.117. The molecule has 4 rings (SSSR count). The molecule has 2 aliphatic rings. The van der Waals surface area contributed by atoms with Crippen molar-refractivity contribution in [1.82, 2.24) is 10.3 Å². The van der Waals surface area contributed by atoms with Gasteiger partial charge in [-0.15, -0.1) is 11.3 Å². The summed E-state index contributed by atoms with van der Waals surface area (Å²) in [5.74, 6) is 1.27. The number of benzene rings is 1. The van der Waals surface area contributed by atoms with Gasteiger partial charge in [-0.05, 0) is 19.1 Å². The highest BCUT2D eigenvalue weighted by atomic mass is 32.1. The number of urea groups is 1. The number of hydrogen-bond donors (Lipinski definition) is 2. The fourth-order valence-electron chi connectivity index (χ4n) is 2.98. The third-order valence-electron chi connectivity index (χ3n) is 4.14. The van der Waals surface area contributed by atoms with Crippen molar-refractivity contribution in [3.8, 4) is 11.5 Å². The number of nitrogens with one attached hydrogen (secondary N) is 2. The van der Waals surface area contributed by atoms with E-state index in [0.717, 1.165) is 11.4 Å². The molecule has 26 heavy (non-hydrogen) atoms. The highest BCUT2D eigenvalue weighted by Crippen LogP contribution is 2.35. The topological polar surface area (TPSA) is 92.8 Å². The van der Waals surface area contributed by atoms with Crippen LogP contribution in [-0.2, 0) is 4.79 Å². The summed E-state index contributed by atoms with van der Waals surface area (Å²) < 4.78 is 11.1. The summed E-state index contributed by atoms with van der Waals surface area (Å²) in [6.07, 6.45) is 0.249. The van der Waals surface area contributed by atoms with Crippen LogP contribution in [0.5, 0.6) is 11.5 Å². The second-order valence-corrected chi connectivity index (χ2v) is 6.98. The number of amides is 3. The van der Waals surface area contributed by atoms with E-state index in [-0.39, 0.29) is 24.4 Å². The standard InChI is InChI=1S/C17H18N4O4S/c1-10-9-26-17(18-10)20-16(23)19-11-6-15(22)21(8-11)12-2-3-13-14(7-12)25-5-4-24-13/h2-3,7,9,11H,4-6,8H2,1H3,(H2,18,19,20,23). The van der Waals surface area contributed by atoms with Crippen molar-refractivity contribution in [3.63, 3.8) is 0 Å². The van der Waals surface area contributed by atoms with Gasteiger partial charge in [-0.2, -0.15) is 0 Å². The maximum absolute atomic E-state index is 12.4.